The number of aliphatic hydroxyl groups excluding tert-OH is 1. The monoisotopic (exact) mass is 338 g/mol. The van der Waals surface area contributed by atoms with Gasteiger partial charge in [0.15, 0.2) is 0 Å². The van der Waals surface area contributed by atoms with Gasteiger partial charge in [-0.05, 0) is 54.9 Å². The normalized spacial score (nSPS) is 17.6. The Morgan fingerprint density at radius 3 is 2.62 bits per heavy atom. The van der Waals surface area contributed by atoms with E-state index in [0.29, 0.717) is 6.61 Å². The average Bonchev–Trinajstić information content (AvgIpc) is 3.12. The molecule has 0 atom stereocenters. The fourth-order valence-electron chi connectivity index (χ4n) is 4.31. The lowest BCUT2D eigenvalue weighted by atomic mass is 9.96. The minimum atomic E-state index is -1.44. The third kappa shape index (κ3) is 2.98. The highest BCUT2D eigenvalue weighted by Crippen LogP contribution is 2.47. The molecule has 0 aliphatic heterocycles. The van der Waals surface area contributed by atoms with Crippen molar-refractivity contribution in [3.05, 3.63) is 63.4 Å². The molecule has 24 heavy (non-hydrogen) atoms. The van der Waals surface area contributed by atoms with Crippen LogP contribution in [0.15, 0.2) is 52.3 Å². The molecule has 0 saturated carbocycles. The van der Waals surface area contributed by atoms with E-state index in [1.165, 1.54) is 33.9 Å². The van der Waals surface area contributed by atoms with Crippen LogP contribution in [-0.4, -0.2) is 19.8 Å². The molecule has 0 fully saturated rings. The quantitative estimate of drug-likeness (QED) is 0.661. The molecule has 1 aromatic rings. The van der Waals surface area contributed by atoms with E-state index >= 15 is 0 Å². The fraction of sp³-hybridized carbons (Fsp3) is 0.455. The molecule has 2 aliphatic rings. The van der Waals surface area contributed by atoms with Crippen molar-refractivity contribution in [3.63, 3.8) is 0 Å². The summed E-state index contributed by atoms with van der Waals surface area (Å²) in [5, 5.41) is 11.0. The van der Waals surface area contributed by atoms with Gasteiger partial charge in [0.25, 0.3) is 0 Å². The van der Waals surface area contributed by atoms with Gasteiger partial charge in [0.05, 0.1) is 8.07 Å². The van der Waals surface area contributed by atoms with Crippen LogP contribution in [0.3, 0.4) is 0 Å². The van der Waals surface area contributed by atoms with Crippen LogP contribution in [0.1, 0.15) is 44.2 Å². The van der Waals surface area contributed by atoms with Gasteiger partial charge in [-0.1, -0.05) is 72.7 Å². The summed E-state index contributed by atoms with van der Waals surface area (Å²) in [6.07, 6.45) is 6.53. The van der Waals surface area contributed by atoms with E-state index in [4.69, 9.17) is 0 Å². The Hall–Kier alpha value is -1.38. The lowest BCUT2D eigenvalue weighted by molar-refractivity contribution is 0.289. The maximum atomic E-state index is 9.28. The molecule has 0 heterocycles. The molecule has 2 aliphatic carbocycles. The molecule has 128 valence electrons. The molecule has 1 aromatic carbocycles. The molecule has 0 radical (unpaired) electrons. The van der Waals surface area contributed by atoms with Crippen LogP contribution in [0.4, 0.5) is 0 Å². The summed E-state index contributed by atoms with van der Waals surface area (Å²) in [6.45, 7) is 9.97. The number of allylic oxidation sites excluding steroid dienone is 6. The van der Waals surface area contributed by atoms with Crippen molar-refractivity contribution in [2.45, 2.75) is 58.7 Å². The molecule has 1 nitrogen and oxygen atoms in total. The van der Waals surface area contributed by atoms with Crippen LogP contribution >= 0.6 is 0 Å². The highest BCUT2D eigenvalue weighted by Gasteiger charge is 2.34. The van der Waals surface area contributed by atoms with Gasteiger partial charge in [-0.25, -0.2) is 0 Å². The van der Waals surface area contributed by atoms with Crippen LogP contribution in [-0.2, 0) is 6.42 Å². The first-order chi connectivity index (χ1) is 11.5. The smallest absolute Gasteiger partial charge is 0.0811 e. The van der Waals surface area contributed by atoms with E-state index in [0.717, 1.165) is 25.7 Å². The summed E-state index contributed by atoms with van der Waals surface area (Å²) in [5.74, 6) is 0. The Kier molecular flexibility index (Phi) is 4.98. The first kappa shape index (κ1) is 17.4. The summed E-state index contributed by atoms with van der Waals surface area (Å²) in [5.41, 5.74) is 9.13. The predicted molar refractivity (Wildman–Crippen MR) is 107 cm³/mol. The summed E-state index contributed by atoms with van der Waals surface area (Å²) in [4.78, 5) is 0. The Morgan fingerprint density at radius 1 is 1.17 bits per heavy atom. The predicted octanol–water partition coefficient (Wildman–Crippen LogP) is 5.68. The third-order valence-electron chi connectivity index (χ3n) is 5.81. The molecule has 1 N–H and O–H groups in total. The highest BCUT2D eigenvalue weighted by molar-refractivity contribution is 6.85. The number of benzene rings is 1. The SMILES string of the molecule is CC[Si](C)(C)C1=C(C2=C(C)Cc3ccccc32)CC=C1CCCO. The average molecular weight is 339 g/mol. The van der Waals surface area contributed by atoms with Crippen molar-refractivity contribution < 1.29 is 5.11 Å². The number of fused-ring (bicyclic) bond motifs is 1. The van der Waals surface area contributed by atoms with Gasteiger partial charge in [-0.2, -0.15) is 0 Å². The highest BCUT2D eigenvalue weighted by atomic mass is 28.3. The largest absolute Gasteiger partial charge is 0.396 e. The van der Waals surface area contributed by atoms with E-state index in [2.05, 4.69) is 57.3 Å². The van der Waals surface area contributed by atoms with E-state index < -0.39 is 8.07 Å². The molecular formula is C22H30OSi. The van der Waals surface area contributed by atoms with Gasteiger partial charge in [-0.3, -0.25) is 0 Å². The van der Waals surface area contributed by atoms with Crippen LogP contribution in [0, 0.1) is 0 Å². The maximum Gasteiger partial charge on any atom is 0.0811 e. The van der Waals surface area contributed by atoms with Crippen molar-refractivity contribution in [2.75, 3.05) is 6.61 Å². The maximum absolute atomic E-state index is 9.28. The summed E-state index contributed by atoms with van der Waals surface area (Å²) < 4.78 is 0. The second kappa shape index (κ2) is 6.85. The van der Waals surface area contributed by atoms with Gasteiger partial charge in [0.1, 0.15) is 0 Å². The Balaban J connectivity index is 2.11. The minimum Gasteiger partial charge on any atom is -0.396 e. The second-order valence-corrected chi connectivity index (χ2v) is 12.8. The van der Waals surface area contributed by atoms with Crippen LogP contribution in [0.25, 0.3) is 5.57 Å². The first-order valence-corrected chi connectivity index (χ1v) is 12.5. The summed E-state index contributed by atoms with van der Waals surface area (Å²) in [6, 6.07) is 10.2. The lowest BCUT2D eigenvalue weighted by Crippen LogP contribution is -2.29. The van der Waals surface area contributed by atoms with Gasteiger partial charge in [0, 0.05) is 6.61 Å². The summed E-state index contributed by atoms with van der Waals surface area (Å²) in [7, 11) is -1.44. The second-order valence-electron chi connectivity index (χ2n) is 7.84. The first-order valence-electron chi connectivity index (χ1n) is 9.32. The topological polar surface area (TPSA) is 20.2 Å². The Labute approximate surface area is 147 Å². The van der Waals surface area contributed by atoms with Gasteiger partial charge in [0.2, 0.25) is 0 Å². The van der Waals surface area contributed by atoms with E-state index in [1.807, 2.05) is 0 Å². The lowest BCUT2D eigenvalue weighted by Gasteiger charge is -2.28. The standard InChI is InChI=1S/C22H30OSi/c1-5-24(3,4)22-17(10-8-14-23)12-13-20(22)21-16(2)15-18-9-6-7-11-19(18)21/h6-7,9,11-12,23H,5,8,10,13-15H2,1-4H3. The number of hydrogen-bond acceptors (Lipinski definition) is 1. The van der Waals surface area contributed by atoms with Crippen molar-refractivity contribution in [2.24, 2.45) is 0 Å². The Morgan fingerprint density at radius 2 is 1.92 bits per heavy atom. The van der Waals surface area contributed by atoms with Gasteiger partial charge in [-0.15, -0.1) is 0 Å². The van der Waals surface area contributed by atoms with Gasteiger partial charge >= 0.3 is 0 Å². The van der Waals surface area contributed by atoms with E-state index in [9.17, 15) is 5.11 Å². The molecule has 0 aromatic heterocycles. The molecule has 3 rings (SSSR count). The van der Waals surface area contributed by atoms with Crippen molar-refractivity contribution in [1.82, 2.24) is 0 Å². The number of rotatable bonds is 6. The van der Waals surface area contributed by atoms with Gasteiger partial charge < -0.3 is 5.11 Å². The molecular weight excluding hydrogens is 308 g/mol. The van der Waals surface area contributed by atoms with Crippen LogP contribution in [0.2, 0.25) is 19.1 Å². The summed E-state index contributed by atoms with van der Waals surface area (Å²) >= 11 is 0. The van der Waals surface area contributed by atoms with Crippen molar-refractivity contribution >= 4 is 13.6 Å². The molecule has 0 saturated heterocycles. The zero-order valence-corrected chi connectivity index (χ0v) is 16.6. The fourth-order valence-corrected chi connectivity index (χ4v) is 6.80. The zero-order chi connectivity index (χ0) is 17.3. The third-order valence-corrected chi connectivity index (χ3v) is 9.56. The molecule has 0 amide bonds. The molecule has 0 spiro atoms. The van der Waals surface area contributed by atoms with Crippen molar-refractivity contribution in [3.8, 4) is 0 Å². The molecule has 2 heteroatoms. The van der Waals surface area contributed by atoms with Crippen LogP contribution < -0.4 is 0 Å². The molecule has 0 bridgehead atoms. The Bertz CT molecular complexity index is 734. The number of hydrogen-bond donors (Lipinski definition) is 1. The van der Waals surface area contributed by atoms with E-state index in [-0.39, 0.29) is 0 Å². The van der Waals surface area contributed by atoms with Crippen molar-refractivity contribution in [1.29, 1.82) is 0 Å². The van der Waals surface area contributed by atoms with E-state index in [1.54, 1.807) is 10.8 Å². The number of aliphatic hydroxyl groups is 1. The minimum absolute atomic E-state index is 0.290. The zero-order valence-electron chi connectivity index (χ0n) is 15.6. The molecule has 0 unspecified atom stereocenters. The van der Waals surface area contributed by atoms with Crippen LogP contribution in [0.5, 0.6) is 0 Å².